The standard InChI is InChI=1S/C15H23N3O3/c1-4-16-14(20)13-7-11(5-6-17-13)18-8-12(9-19)21-15(2,3)10-18/h5-7,12,19H,4,8-10H2,1-3H3,(H,16,20). The quantitative estimate of drug-likeness (QED) is 0.859. The molecule has 1 fully saturated rings. The molecule has 0 spiro atoms. The van der Waals surface area contributed by atoms with Gasteiger partial charge in [-0.15, -0.1) is 0 Å². The summed E-state index contributed by atoms with van der Waals surface area (Å²) in [5.41, 5.74) is 0.973. The molecule has 21 heavy (non-hydrogen) atoms. The van der Waals surface area contributed by atoms with E-state index >= 15 is 0 Å². The van der Waals surface area contributed by atoms with Crippen LogP contribution in [-0.2, 0) is 4.74 Å². The van der Waals surface area contributed by atoms with Crippen molar-refractivity contribution >= 4 is 11.6 Å². The van der Waals surface area contributed by atoms with E-state index in [1.807, 2.05) is 26.8 Å². The summed E-state index contributed by atoms with van der Waals surface area (Å²) in [6, 6.07) is 3.65. The molecule has 0 aliphatic carbocycles. The van der Waals surface area contributed by atoms with Gasteiger partial charge >= 0.3 is 0 Å². The smallest absolute Gasteiger partial charge is 0.269 e. The molecule has 1 aliphatic heterocycles. The number of pyridine rings is 1. The summed E-state index contributed by atoms with van der Waals surface area (Å²) in [5, 5.41) is 12.1. The predicted molar refractivity (Wildman–Crippen MR) is 80.5 cm³/mol. The third-order valence-electron chi connectivity index (χ3n) is 3.36. The normalized spacial score (nSPS) is 21.1. The molecule has 1 aromatic rings. The van der Waals surface area contributed by atoms with E-state index in [1.165, 1.54) is 0 Å². The maximum atomic E-state index is 11.9. The van der Waals surface area contributed by atoms with Crippen LogP contribution in [0, 0.1) is 0 Å². The molecular formula is C15H23N3O3. The number of aliphatic hydroxyl groups excluding tert-OH is 1. The number of carbonyl (C=O) groups is 1. The first-order chi connectivity index (χ1) is 9.95. The van der Waals surface area contributed by atoms with E-state index in [1.54, 1.807) is 12.3 Å². The minimum atomic E-state index is -0.346. The van der Waals surface area contributed by atoms with Crippen LogP contribution in [0.15, 0.2) is 18.3 Å². The second-order valence-corrected chi connectivity index (χ2v) is 5.82. The van der Waals surface area contributed by atoms with E-state index in [0.29, 0.717) is 25.3 Å². The number of morpholine rings is 1. The monoisotopic (exact) mass is 293 g/mol. The fourth-order valence-electron chi connectivity index (χ4n) is 2.58. The van der Waals surface area contributed by atoms with Crippen molar-refractivity contribution in [3.05, 3.63) is 24.0 Å². The molecule has 6 nitrogen and oxygen atoms in total. The van der Waals surface area contributed by atoms with Crippen LogP contribution in [0.3, 0.4) is 0 Å². The summed E-state index contributed by atoms with van der Waals surface area (Å²) < 4.78 is 5.80. The zero-order valence-corrected chi connectivity index (χ0v) is 12.8. The molecule has 0 radical (unpaired) electrons. The zero-order valence-electron chi connectivity index (χ0n) is 12.8. The fraction of sp³-hybridized carbons (Fsp3) is 0.600. The van der Waals surface area contributed by atoms with Gasteiger partial charge in [-0.05, 0) is 32.9 Å². The molecule has 1 saturated heterocycles. The Morgan fingerprint density at radius 1 is 1.62 bits per heavy atom. The predicted octanol–water partition coefficient (Wildman–Crippen LogP) is 0.807. The van der Waals surface area contributed by atoms with E-state index in [9.17, 15) is 9.90 Å². The van der Waals surface area contributed by atoms with Crippen LogP contribution in [0.5, 0.6) is 0 Å². The van der Waals surface area contributed by atoms with Crippen molar-refractivity contribution in [1.29, 1.82) is 0 Å². The largest absolute Gasteiger partial charge is 0.394 e. The molecule has 1 unspecified atom stereocenters. The van der Waals surface area contributed by atoms with E-state index in [0.717, 1.165) is 5.69 Å². The van der Waals surface area contributed by atoms with Crippen molar-refractivity contribution < 1.29 is 14.6 Å². The summed E-state index contributed by atoms with van der Waals surface area (Å²) in [6.07, 6.45) is 1.41. The molecule has 1 aromatic heterocycles. The molecule has 1 amide bonds. The SMILES string of the molecule is CCNC(=O)c1cc(N2CC(CO)OC(C)(C)C2)ccn1. The van der Waals surface area contributed by atoms with Gasteiger partial charge in [0.25, 0.3) is 5.91 Å². The highest BCUT2D eigenvalue weighted by atomic mass is 16.5. The van der Waals surface area contributed by atoms with Crippen molar-refractivity contribution in [1.82, 2.24) is 10.3 Å². The summed E-state index contributed by atoms with van der Waals surface area (Å²) in [5.74, 6) is -0.175. The van der Waals surface area contributed by atoms with Gasteiger partial charge in [-0.25, -0.2) is 0 Å². The van der Waals surface area contributed by atoms with Crippen molar-refractivity contribution in [2.45, 2.75) is 32.5 Å². The molecule has 1 atom stereocenters. The van der Waals surface area contributed by atoms with Gasteiger partial charge in [-0.2, -0.15) is 0 Å². The van der Waals surface area contributed by atoms with Gasteiger partial charge in [-0.3, -0.25) is 9.78 Å². The molecule has 2 rings (SSSR count). The number of ether oxygens (including phenoxy) is 1. The molecule has 6 heteroatoms. The van der Waals surface area contributed by atoms with Crippen molar-refractivity contribution in [3.63, 3.8) is 0 Å². The molecular weight excluding hydrogens is 270 g/mol. The highest BCUT2D eigenvalue weighted by Gasteiger charge is 2.33. The average Bonchev–Trinajstić information content (AvgIpc) is 2.46. The number of aromatic nitrogens is 1. The van der Waals surface area contributed by atoms with E-state index in [4.69, 9.17) is 4.74 Å². The number of aliphatic hydroxyl groups is 1. The number of nitrogens with one attached hydrogen (secondary N) is 1. The first-order valence-electron chi connectivity index (χ1n) is 7.23. The zero-order chi connectivity index (χ0) is 15.5. The van der Waals surface area contributed by atoms with E-state index < -0.39 is 0 Å². The number of amides is 1. The fourth-order valence-corrected chi connectivity index (χ4v) is 2.58. The van der Waals surface area contributed by atoms with Gasteiger partial charge in [0.1, 0.15) is 5.69 Å². The summed E-state index contributed by atoms with van der Waals surface area (Å²) in [6.45, 7) is 7.71. The lowest BCUT2D eigenvalue weighted by atomic mass is 10.0. The van der Waals surface area contributed by atoms with Crippen LogP contribution in [0.4, 0.5) is 5.69 Å². The van der Waals surface area contributed by atoms with Gasteiger partial charge in [0.2, 0.25) is 0 Å². The molecule has 0 saturated carbocycles. The third-order valence-corrected chi connectivity index (χ3v) is 3.36. The maximum Gasteiger partial charge on any atom is 0.269 e. The molecule has 0 aromatic carbocycles. The van der Waals surface area contributed by atoms with Gasteiger partial charge in [0.05, 0.1) is 18.3 Å². The Morgan fingerprint density at radius 3 is 3.05 bits per heavy atom. The summed E-state index contributed by atoms with van der Waals surface area (Å²) in [7, 11) is 0. The molecule has 1 aliphatic rings. The van der Waals surface area contributed by atoms with Crippen molar-refractivity contribution in [2.24, 2.45) is 0 Å². The van der Waals surface area contributed by atoms with Crippen LogP contribution in [0.2, 0.25) is 0 Å². The lowest BCUT2D eigenvalue weighted by Crippen LogP contribution is -2.54. The van der Waals surface area contributed by atoms with Crippen LogP contribution in [0.1, 0.15) is 31.3 Å². The Labute approximate surface area is 125 Å². The summed E-state index contributed by atoms with van der Waals surface area (Å²) in [4.78, 5) is 18.1. The van der Waals surface area contributed by atoms with Crippen LogP contribution >= 0.6 is 0 Å². The highest BCUT2D eigenvalue weighted by Crippen LogP contribution is 2.26. The Hall–Kier alpha value is -1.66. The van der Waals surface area contributed by atoms with E-state index in [2.05, 4.69) is 15.2 Å². The molecule has 2 N–H and O–H groups in total. The van der Waals surface area contributed by atoms with Crippen LogP contribution < -0.4 is 10.2 Å². The van der Waals surface area contributed by atoms with Gasteiger partial charge < -0.3 is 20.1 Å². The second-order valence-electron chi connectivity index (χ2n) is 5.82. The van der Waals surface area contributed by atoms with Crippen LogP contribution in [0.25, 0.3) is 0 Å². The second kappa shape index (κ2) is 6.41. The minimum Gasteiger partial charge on any atom is -0.394 e. The topological polar surface area (TPSA) is 74.7 Å². The van der Waals surface area contributed by atoms with E-state index in [-0.39, 0.29) is 24.2 Å². The first-order valence-corrected chi connectivity index (χ1v) is 7.23. The third kappa shape index (κ3) is 3.92. The lowest BCUT2D eigenvalue weighted by Gasteiger charge is -2.43. The molecule has 116 valence electrons. The van der Waals surface area contributed by atoms with Gasteiger partial charge in [0.15, 0.2) is 0 Å². The Morgan fingerprint density at radius 2 is 2.38 bits per heavy atom. The highest BCUT2D eigenvalue weighted by molar-refractivity contribution is 5.93. The average molecular weight is 293 g/mol. The first kappa shape index (κ1) is 15.7. The summed E-state index contributed by atoms with van der Waals surface area (Å²) >= 11 is 0. The molecule has 2 heterocycles. The van der Waals surface area contributed by atoms with Gasteiger partial charge in [0, 0.05) is 31.5 Å². The maximum absolute atomic E-state index is 11.9. The van der Waals surface area contributed by atoms with Crippen molar-refractivity contribution in [2.75, 3.05) is 31.1 Å². The Kier molecular flexibility index (Phi) is 4.80. The number of hydrogen-bond donors (Lipinski definition) is 2. The number of carbonyl (C=O) groups excluding carboxylic acids is 1. The number of rotatable bonds is 4. The number of anilines is 1. The molecule has 0 bridgehead atoms. The van der Waals surface area contributed by atoms with Crippen molar-refractivity contribution in [3.8, 4) is 0 Å². The Bertz CT molecular complexity index is 505. The number of hydrogen-bond acceptors (Lipinski definition) is 5. The Balaban J connectivity index is 2.20. The lowest BCUT2D eigenvalue weighted by molar-refractivity contribution is -0.101. The van der Waals surface area contributed by atoms with Crippen LogP contribution in [-0.4, -0.2) is 53.9 Å². The minimum absolute atomic E-state index is 0.0197. The number of nitrogens with zero attached hydrogens (tertiary/aromatic N) is 2. The van der Waals surface area contributed by atoms with Gasteiger partial charge in [-0.1, -0.05) is 0 Å².